The van der Waals surface area contributed by atoms with Crippen molar-refractivity contribution in [2.75, 3.05) is 7.11 Å². The van der Waals surface area contributed by atoms with Gasteiger partial charge in [-0.3, -0.25) is 4.99 Å². The van der Waals surface area contributed by atoms with Crippen molar-refractivity contribution in [1.29, 1.82) is 0 Å². The van der Waals surface area contributed by atoms with Crippen LogP contribution in [0.25, 0.3) is 0 Å². The minimum Gasteiger partial charge on any atom is -0.493 e. The second kappa shape index (κ2) is 7.14. The predicted octanol–water partition coefficient (Wildman–Crippen LogP) is 5.84. The van der Waals surface area contributed by atoms with Crippen LogP contribution in [0.3, 0.4) is 0 Å². The van der Waals surface area contributed by atoms with Gasteiger partial charge < -0.3 is 9.47 Å². The third-order valence-corrected chi connectivity index (χ3v) is 6.66. The first-order valence-corrected chi connectivity index (χ1v) is 10.4. The van der Waals surface area contributed by atoms with E-state index in [9.17, 15) is 0 Å². The Morgan fingerprint density at radius 3 is 2.56 bits per heavy atom. The van der Waals surface area contributed by atoms with Crippen LogP contribution >= 0.6 is 23.7 Å². The zero-order chi connectivity index (χ0) is 18.5. The highest BCUT2D eigenvalue weighted by atomic mass is 35.5. The van der Waals surface area contributed by atoms with Gasteiger partial charge in [0.25, 0.3) is 0 Å². The van der Waals surface area contributed by atoms with Crippen LogP contribution in [0, 0.1) is 0 Å². The van der Waals surface area contributed by atoms with Crippen molar-refractivity contribution in [2.45, 2.75) is 64.5 Å². The number of fused-ring (bicyclic) bond motifs is 3. The van der Waals surface area contributed by atoms with E-state index in [0.29, 0.717) is 0 Å². The minimum absolute atomic E-state index is 0. The van der Waals surface area contributed by atoms with E-state index in [2.05, 4.69) is 51.3 Å². The molecule has 0 fully saturated rings. The van der Waals surface area contributed by atoms with E-state index >= 15 is 0 Å². The SMILES string of the molecule is CCC1(CC)Cc2c(c(OC)cc3c2C(c2cccs2)=NC(C)(C)C3)O1.Cl. The Hall–Kier alpha value is -1.52. The molecule has 0 radical (unpaired) electrons. The summed E-state index contributed by atoms with van der Waals surface area (Å²) in [6.07, 6.45) is 3.84. The fraction of sp³-hybridized carbons (Fsp3) is 0.500. The van der Waals surface area contributed by atoms with Gasteiger partial charge in [-0.1, -0.05) is 19.9 Å². The van der Waals surface area contributed by atoms with E-state index in [1.165, 1.54) is 21.6 Å². The summed E-state index contributed by atoms with van der Waals surface area (Å²) in [5.41, 5.74) is 4.78. The number of hydrogen-bond acceptors (Lipinski definition) is 4. The third kappa shape index (κ3) is 3.27. The molecule has 0 unspecified atom stereocenters. The molecule has 3 heterocycles. The Morgan fingerprint density at radius 1 is 1.22 bits per heavy atom. The quantitative estimate of drug-likeness (QED) is 0.639. The molecule has 4 rings (SSSR count). The van der Waals surface area contributed by atoms with Gasteiger partial charge in [0.2, 0.25) is 0 Å². The molecule has 3 nitrogen and oxygen atoms in total. The van der Waals surface area contributed by atoms with Crippen molar-refractivity contribution < 1.29 is 9.47 Å². The molecule has 0 atom stereocenters. The van der Waals surface area contributed by atoms with Crippen LogP contribution < -0.4 is 9.47 Å². The highest BCUT2D eigenvalue weighted by Crippen LogP contribution is 2.49. The number of halogens is 1. The minimum atomic E-state index is -0.127. The highest BCUT2D eigenvalue weighted by molar-refractivity contribution is 7.12. The maximum absolute atomic E-state index is 6.52. The van der Waals surface area contributed by atoms with Gasteiger partial charge in [-0.25, -0.2) is 0 Å². The Balaban J connectivity index is 0.00000210. The zero-order valence-corrected chi connectivity index (χ0v) is 18.4. The summed E-state index contributed by atoms with van der Waals surface area (Å²) in [5, 5.41) is 2.13. The number of benzene rings is 1. The lowest BCUT2D eigenvalue weighted by Crippen LogP contribution is -2.33. The topological polar surface area (TPSA) is 30.8 Å². The number of thiophene rings is 1. The van der Waals surface area contributed by atoms with Gasteiger partial charge in [0.1, 0.15) is 5.60 Å². The Kier molecular flexibility index (Phi) is 5.35. The van der Waals surface area contributed by atoms with Crippen LogP contribution in [-0.2, 0) is 12.8 Å². The molecule has 0 bridgehead atoms. The summed E-state index contributed by atoms with van der Waals surface area (Å²) in [6, 6.07) is 6.46. The smallest absolute Gasteiger partial charge is 0.166 e. The average molecular weight is 406 g/mol. The van der Waals surface area contributed by atoms with Crippen LogP contribution in [0.15, 0.2) is 28.6 Å². The number of rotatable bonds is 4. The second-order valence-electron chi connectivity index (χ2n) is 8.02. The van der Waals surface area contributed by atoms with Gasteiger partial charge in [0, 0.05) is 17.5 Å². The first-order valence-electron chi connectivity index (χ1n) is 9.48. The molecule has 5 heteroatoms. The molecule has 0 spiro atoms. The molecular weight excluding hydrogens is 378 g/mol. The van der Waals surface area contributed by atoms with Crippen molar-refractivity contribution in [3.05, 3.63) is 45.1 Å². The van der Waals surface area contributed by atoms with Crippen molar-refractivity contribution in [2.24, 2.45) is 4.99 Å². The maximum atomic E-state index is 6.52. The van der Waals surface area contributed by atoms with Crippen molar-refractivity contribution in [1.82, 2.24) is 0 Å². The molecule has 1 aromatic heterocycles. The fourth-order valence-corrected chi connectivity index (χ4v) is 5.01. The lowest BCUT2D eigenvalue weighted by Gasteiger charge is -2.30. The van der Waals surface area contributed by atoms with Crippen molar-refractivity contribution in [3.63, 3.8) is 0 Å². The van der Waals surface area contributed by atoms with Gasteiger partial charge in [0.05, 0.1) is 23.2 Å². The molecule has 0 saturated carbocycles. The molecule has 27 heavy (non-hydrogen) atoms. The molecule has 2 aliphatic rings. The first-order chi connectivity index (χ1) is 12.4. The zero-order valence-electron chi connectivity index (χ0n) is 16.7. The van der Waals surface area contributed by atoms with E-state index in [1.54, 1.807) is 18.4 Å². The Labute approximate surface area is 172 Å². The largest absolute Gasteiger partial charge is 0.493 e. The molecule has 2 aromatic rings. The summed E-state index contributed by atoms with van der Waals surface area (Å²) < 4.78 is 12.3. The standard InChI is InChI=1S/C22H27NO2S.ClH/c1-6-22(7-2)13-15-18-14(11-16(24-5)20(15)25-22)12-21(3,4)23-19(18)17-9-8-10-26-17;/h8-11H,6-7,12-13H2,1-5H3;1H. The Morgan fingerprint density at radius 2 is 1.96 bits per heavy atom. The number of ether oxygens (including phenoxy) is 2. The first kappa shape index (κ1) is 20.2. The van der Waals surface area contributed by atoms with Gasteiger partial charge in [0.15, 0.2) is 11.5 Å². The lowest BCUT2D eigenvalue weighted by molar-refractivity contribution is 0.0828. The van der Waals surface area contributed by atoms with Gasteiger partial charge >= 0.3 is 0 Å². The fourth-order valence-electron chi connectivity index (χ4n) is 4.29. The van der Waals surface area contributed by atoms with Crippen LogP contribution in [-0.4, -0.2) is 24.0 Å². The van der Waals surface area contributed by atoms with Crippen LogP contribution in [0.5, 0.6) is 11.5 Å². The van der Waals surface area contributed by atoms with E-state index in [-0.39, 0.29) is 23.5 Å². The van der Waals surface area contributed by atoms with Crippen molar-refractivity contribution in [3.8, 4) is 11.5 Å². The molecule has 0 saturated heterocycles. The van der Waals surface area contributed by atoms with E-state index in [4.69, 9.17) is 14.5 Å². The summed E-state index contributed by atoms with van der Waals surface area (Å²) in [5.74, 6) is 1.80. The summed E-state index contributed by atoms with van der Waals surface area (Å²) in [4.78, 5) is 6.39. The molecule has 0 N–H and O–H groups in total. The van der Waals surface area contributed by atoms with Gasteiger partial charge in [-0.05, 0) is 56.2 Å². The molecular formula is C22H28ClNO2S. The Bertz CT molecular complexity index is 867. The summed E-state index contributed by atoms with van der Waals surface area (Å²) in [6.45, 7) is 8.85. The van der Waals surface area contributed by atoms with Crippen LogP contribution in [0.4, 0.5) is 0 Å². The monoisotopic (exact) mass is 405 g/mol. The molecule has 1 aromatic carbocycles. The van der Waals surface area contributed by atoms with Crippen LogP contribution in [0.1, 0.15) is 62.1 Å². The third-order valence-electron chi connectivity index (χ3n) is 5.78. The van der Waals surface area contributed by atoms with Gasteiger partial charge in [-0.2, -0.15) is 0 Å². The highest BCUT2D eigenvalue weighted by Gasteiger charge is 2.42. The van der Waals surface area contributed by atoms with E-state index in [1.807, 2.05) is 0 Å². The second-order valence-corrected chi connectivity index (χ2v) is 8.96. The van der Waals surface area contributed by atoms with Gasteiger partial charge in [-0.15, -0.1) is 23.7 Å². The van der Waals surface area contributed by atoms with Crippen molar-refractivity contribution >= 4 is 29.5 Å². The number of methoxy groups -OCH3 is 1. The molecule has 146 valence electrons. The lowest BCUT2D eigenvalue weighted by atomic mass is 9.81. The number of aliphatic imine (C=N–C) groups is 1. The normalized spacial score (nSPS) is 18.6. The van der Waals surface area contributed by atoms with Crippen LogP contribution in [0.2, 0.25) is 0 Å². The summed E-state index contributed by atoms with van der Waals surface area (Å²) >= 11 is 1.76. The summed E-state index contributed by atoms with van der Waals surface area (Å²) in [7, 11) is 1.74. The van der Waals surface area contributed by atoms with E-state index < -0.39 is 0 Å². The molecule has 2 aliphatic heterocycles. The molecule has 0 aliphatic carbocycles. The predicted molar refractivity (Wildman–Crippen MR) is 116 cm³/mol. The van der Waals surface area contributed by atoms with E-state index in [0.717, 1.165) is 42.9 Å². The average Bonchev–Trinajstić information content (AvgIpc) is 3.27. The maximum Gasteiger partial charge on any atom is 0.166 e. The molecule has 0 amide bonds. The number of nitrogens with zero attached hydrogens (tertiary/aromatic N) is 1. The number of hydrogen-bond donors (Lipinski definition) is 0.